The van der Waals surface area contributed by atoms with Crippen molar-refractivity contribution in [3.05, 3.63) is 53.8 Å². The average molecular weight is 482 g/mol. The number of ether oxygens (including phenoxy) is 2. The first-order chi connectivity index (χ1) is 15.5. The number of benzene rings is 2. The Labute approximate surface area is 193 Å². The normalized spacial score (nSPS) is 11.9. The van der Waals surface area contributed by atoms with Gasteiger partial charge in [0.05, 0.1) is 26.2 Å². The molecule has 0 fully saturated rings. The number of nitrogens with one attached hydrogen (secondary N) is 1. The lowest BCUT2D eigenvalue weighted by molar-refractivity contribution is -0.139. The molecule has 0 aromatic heterocycles. The van der Waals surface area contributed by atoms with Gasteiger partial charge in [0, 0.05) is 19.7 Å². The number of methoxy groups -OCH3 is 2. The number of carbonyl (C=O) groups excluding carboxylic acids is 2. The quantitative estimate of drug-likeness (QED) is 0.555. The van der Waals surface area contributed by atoms with Gasteiger partial charge in [0.25, 0.3) is 0 Å². The summed E-state index contributed by atoms with van der Waals surface area (Å²) in [6, 6.07) is 9.04. The molecule has 0 aliphatic heterocycles. The summed E-state index contributed by atoms with van der Waals surface area (Å²) in [5.74, 6) is -0.795. The zero-order chi connectivity index (χ0) is 24.8. The van der Waals surface area contributed by atoms with Crippen molar-refractivity contribution in [1.29, 1.82) is 0 Å². The summed E-state index contributed by atoms with van der Waals surface area (Å²) in [6.45, 7) is 0.954. The molecule has 33 heavy (non-hydrogen) atoms. The van der Waals surface area contributed by atoms with Gasteiger partial charge >= 0.3 is 0 Å². The number of nitrogens with zero attached hydrogens (tertiary/aromatic N) is 2. The molecule has 2 amide bonds. The fraction of sp³-hybridized carbons (Fsp3) is 0.364. The molecule has 11 heteroatoms. The Morgan fingerprint density at radius 2 is 1.67 bits per heavy atom. The number of rotatable bonds is 10. The van der Waals surface area contributed by atoms with Crippen LogP contribution < -0.4 is 19.1 Å². The van der Waals surface area contributed by atoms with Gasteiger partial charge in [-0.3, -0.25) is 13.9 Å². The third kappa shape index (κ3) is 6.58. The Balaban J connectivity index is 2.42. The van der Waals surface area contributed by atoms with Crippen LogP contribution in [-0.2, 0) is 26.2 Å². The predicted molar refractivity (Wildman–Crippen MR) is 122 cm³/mol. The Morgan fingerprint density at radius 3 is 2.18 bits per heavy atom. The highest BCUT2D eigenvalue weighted by Crippen LogP contribution is 2.32. The third-order valence-electron chi connectivity index (χ3n) is 5.01. The number of likely N-dealkylation sites (N-methyl/N-ethyl adjacent to an activating group) is 1. The summed E-state index contributed by atoms with van der Waals surface area (Å²) in [5, 5.41) is 2.48. The van der Waals surface area contributed by atoms with Gasteiger partial charge in [-0.2, -0.15) is 0 Å². The molecule has 0 unspecified atom stereocenters. The predicted octanol–water partition coefficient (Wildman–Crippen LogP) is 1.77. The van der Waals surface area contributed by atoms with E-state index in [2.05, 4.69) is 5.32 Å². The molecular weight excluding hydrogens is 453 g/mol. The zero-order valence-electron chi connectivity index (χ0n) is 19.2. The molecule has 180 valence electrons. The number of sulfonamides is 1. The molecule has 2 aromatic rings. The Kier molecular flexibility index (Phi) is 8.63. The van der Waals surface area contributed by atoms with Crippen LogP contribution in [0.5, 0.6) is 11.5 Å². The Hall–Kier alpha value is -3.34. The van der Waals surface area contributed by atoms with Crippen molar-refractivity contribution in [3.63, 3.8) is 0 Å². The van der Waals surface area contributed by atoms with Crippen LogP contribution in [0.1, 0.15) is 12.5 Å². The number of carbonyl (C=O) groups is 2. The van der Waals surface area contributed by atoms with Crippen molar-refractivity contribution < 1.29 is 31.9 Å². The molecule has 0 saturated carbocycles. The summed E-state index contributed by atoms with van der Waals surface area (Å²) >= 11 is 0. The maximum absolute atomic E-state index is 13.3. The molecular formula is C22H28FN3O6S. The van der Waals surface area contributed by atoms with Gasteiger partial charge in [0.2, 0.25) is 21.8 Å². The monoisotopic (exact) mass is 481 g/mol. The zero-order valence-corrected chi connectivity index (χ0v) is 20.0. The Bertz CT molecular complexity index is 1090. The highest BCUT2D eigenvalue weighted by atomic mass is 32.2. The summed E-state index contributed by atoms with van der Waals surface area (Å²) in [5.41, 5.74) is 0.773. The van der Waals surface area contributed by atoms with E-state index in [0.717, 1.165) is 10.6 Å². The van der Waals surface area contributed by atoms with E-state index in [1.54, 1.807) is 0 Å². The average Bonchev–Trinajstić information content (AvgIpc) is 2.79. The molecule has 0 aliphatic rings. The van der Waals surface area contributed by atoms with Crippen molar-refractivity contribution in [1.82, 2.24) is 10.2 Å². The van der Waals surface area contributed by atoms with E-state index in [1.165, 1.54) is 75.6 Å². The van der Waals surface area contributed by atoms with E-state index in [9.17, 15) is 22.4 Å². The van der Waals surface area contributed by atoms with Crippen LogP contribution >= 0.6 is 0 Å². The van der Waals surface area contributed by atoms with Crippen LogP contribution in [-0.4, -0.2) is 65.2 Å². The lowest BCUT2D eigenvalue weighted by atomic mass is 10.1. The molecule has 2 rings (SSSR count). The second kappa shape index (κ2) is 11.0. The van der Waals surface area contributed by atoms with Gasteiger partial charge < -0.3 is 19.7 Å². The van der Waals surface area contributed by atoms with E-state index < -0.39 is 40.2 Å². The van der Waals surface area contributed by atoms with Crippen molar-refractivity contribution in [2.24, 2.45) is 0 Å². The molecule has 9 nitrogen and oxygen atoms in total. The first-order valence-electron chi connectivity index (χ1n) is 9.97. The molecule has 0 aliphatic carbocycles. The molecule has 2 aromatic carbocycles. The lowest BCUT2D eigenvalue weighted by Gasteiger charge is -2.31. The third-order valence-corrected chi connectivity index (χ3v) is 6.15. The van der Waals surface area contributed by atoms with Crippen LogP contribution in [0.2, 0.25) is 0 Å². The van der Waals surface area contributed by atoms with E-state index in [-0.39, 0.29) is 18.0 Å². The van der Waals surface area contributed by atoms with Crippen LogP contribution in [0.3, 0.4) is 0 Å². The second-order valence-corrected chi connectivity index (χ2v) is 9.15. The van der Waals surface area contributed by atoms with Gasteiger partial charge in [-0.1, -0.05) is 12.1 Å². The number of hydrogen-bond donors (Lipinski definition) is 1. The first kappa shape index (κ1) is 25.9. The number of anilines is 1. The summed E-state index contributed by atoms with van der Waals surface area (Å²) in [7, 11) is 0.412. The molecule has 0 heterocycles. The summed E-state index contributed by atoms with van der Waals surface area (Å²) in [6.07, 6.45) is 0.976. The summed E-state index contributed by atoms with van der Waals surface area (Å²) < 4.78 is 49.8. The summed E-state index contributed by atoms with van der Waals surface area (Å²) in [4.78, 5) is 26.8. The van der Waals surface area contributed by atoms with Gasteiger partial charge in [0.1, 0.15) is 18.4 Å². The van der Waals surface area contributed by atoms with Crippen LogP contribution in [0.4, 0.5) is 10.1 Å². The highest BCUT2D eigenvalue weighted by Gasteiger charge is 2.30. The van der Waals surface area contributed by atoms with Gasteiger partial charge in [0.15, 0.2) is 11.5 Å². The van der Waals surface area contributed by atoms with Crippen LogP contribution in [0, 0.1) is 5.82 Å². The van der Waals surface area contributed by atoms with Gasteiger partial charge in [-0.05, 0) is 36.8 Å². The number of halogens is 1. The lowest BCUT2D eigenvalue weighted by Crippen LogP contribution is -2.50. The highest BCUT2D eigenvalue weighted by molar-refractivity contribution is 7.92. The van der Waals surface area contributed by atoms with Crippen LogP contribution in [0.15, 0.2) is 42.5 Å². The van der Waals surface area contributed by atoms with Gasteiger partial charge in [-0.15, -0.1) is 0 Å². The molecule has 0 spiro atoms. The topological polar surface area (TPSA) is 105 Å². The Morgan fingerprint density at radius 1 is 1.06 bits per heavy atom. The first-order valence-corrected chi connectivity index (χ1v) is 11.8. The maximum Gasteiger partial charge on any atom is 0.244 e. The van der Waals surface area contributed by atoms with Crippen LogP contribution in [0.25, 0.3) is 0 Å². The maximum atomic E-state index is 13.3. The van der Waals surface area contributed by atoms with E-state index in [0.29, 0.717) is 11.3 Å². The smallest absolute Gasteiger partial charge is 0.244 e. The molecule has 1 atom stereocenters. The van der Waals surface area contributed by atoms with Crippen molar-refractivity contribution in [2.45, 2.75) is 19.5 Å². The fourth-order valence-corrected chi connectivity index (χ4v) is 4.01. The molecule has 1 N–H and O–H groups in total. The molecule has 0 bridgehead atoms. The van der Waals surface area contributed by atoms with Crippen molar-refractivity contribution in [3.8, 4) is 11.5 Å². The molecule has 0 radical (unpaired) electrons. The van der Waals surface area contributed by atoms with Gasteiger partial charge in [-0.25, -0.2) is 12.8 Å². The SMILES string of the molecule is CNC(=O)[C@H](C)N(Cc1ccc(F)cc1)C(=O)CN(c1ccc(OC)c(OC)c1)S(C)(=O)=O. The van der Waals surface area contributed by atoms with E-state index in [1.807, 2.05) is 0 Å². The van der Waals surface area contributed by atoms with E-state index >= 15 is 0 Å². The number of hydrogen-bond acceptors (Lipinski definition) is 6. The standard InChI is InChI=1S/C22H28FN3O6S/c1-15(22(28)24-2)25(13-16-6-8-17(23)9-7-16)21(27)14-26(33(5,29)30)18-10-11-19(31-3)20(12-18)32-4/h6-12,15H,13-14H2,1-5H3,(H,24,28)/t15-/m0/s1. The van der Waals surface area contributed by atoms with E-state index in [4.69, 9.17) is 9.47 Å². The largest absolute Gasteiger partial charge is 0.493 e. The van der Waals surface area contributed by atoms with Crippen molar-refractivity contribution in [2.75, 3.05) is 38.4 Å². The molecule has 0 saturated heterocycles. The second-order valence-electron chi connectivity index (χ2n) is 7.25. The van der Waals surface area contributed by atoms with Crippen molar-refractivity contribution >= 4 is 27.5 Å². The minimum absolute atomic E-state index is 0.0166. The minimum Gasteiger partial charge on any atom is -0.493 e. The fourth-order valence-electron chi connectivity index (χ4n) is 3.17. The minimum atomic E-state index is -3.88. The number of amides is 2.